The molecule has 4 rings (SSSR count). The lowest BCUT2D eigenvalue weighted by Gasteiger charge is -2.25. The highest BCUT2D eigenvalue weighted by atomic mass is 32.2. The second-order valence-corrected chi connectivity index (χ2v) is 8.74. The molecule has 2 aromatic rings. The largest absolute Gasteiger partial charge is 0.292 e. The second-order valence-electron chi connectivity index (χ2n) is 7.42. The van der Waals surface area contributed by atoms with Gasteiger partial charge in [-0.05, 0) is 49.4 Å². The molecule has 1 atom stereocenters. The Kier molecular flexibility index (Phi) is 5.73. The maximum Gasteiger partial charge on any atom is 0.0962 e. The first kappa shape index (κ1) is 17.1. The van der Waals surface area contributed by atoms with Gasteiger partial charge < -0.3 is 0 Å². The molecular formula is C22H28N2S. The molecule has 1 saturated heterocycles. The number of aromatic nitrogens is 1. The van der Waals surface area contributed by atoms with Gasteiger partial charge in [0, 0.05) is 24.0 Å². The van der Waals surface area contributed by atoms with Crippen LogP contribution in [-0.2, 0) is 6.54 Å². The molecule has 2 nitrogen and oxygen atoms in total. The fourth-order valence-corrected chi connectivity index (χ4v) is 5.39. The maximum atomic E-state index is 4.80. The Balaban J connectivity index is 1.40. The molecule has 3 heteroatoms. The van der Waals surface area contributed by atoms with E-state index < -0.39 is 0 Å². The zero-order chi connectivity index (χ0) is 16.9. The average molecular weight is 353 g/mol. The number of likely N-dealkylation sites (tertiary alicyclic amines) is 1. The van der Waals surface area contributed by atoms with Crippen LogP contribution in [0.5, 0.6) is 0 Å². The van der Waals surface area contributed by atoms with E-state index in [2.05, 4.69) is 53.6 Å². The minimum absolute atomic E-state index is 0.529. The summed E-state index contributed by atoms with van der Waals surface area (Å²) in [7, 11) is 0. The molecule has 1 aromatic carbocycles. The third kappa shape index (κ3) is 4.45. The quantitative estimate of drug-likeness (QED) is 0.672. The standard InChI is InChI=1S/C22H28N2S/c1-3-8-18(9-4-1)17-24-15-7-12-21(24)19-13-14-22(23-16-19)25-20-10-5-2-6-11-20/h1,3-4,8-9,13-14,16,20-21H,2,5-7,10-12,15,17H2. The SMILES string of the molecule is c1ccc(CN2CCCC2c2ccc(SC3CCCCC3)nc2)cc1. The minimum Gasteiger partial charge on any atom is -0.292 e. The second kappa shape index (κ2) is 8.37. The van der Waals surface area contributed by atoms with Gasteiger partial charge in [-0.1, -0.05) is 55.7 Å². The smallest absolute Gasteiger partial charge is 0.0962 e. The van der Waals surface area contributed by atoms with Crippen molar-refractivity contribution in [1.29, 1.82) is 0 Å². The Labute approximate surface area is 156 Å². The van der Waals surface area contributed by atoms with Gasteiger partial charge in [-0.3, -0.25) is 4.90 Å². The molecule has 0 spiro atoms. The van der Waals surface area contributed by atoms with Crippen LogP contribution in [0.15, 0.2) is 53.7 Å². The van der Waals surface area contributed by atoms with E-state index in [9.17, 15) is 0 Å². The summed E-state index contributed by atoms with van der Waals surface area (Å²) in [4.78, 5) is 7.41. The molecule has 1 saturated carbocycles. The molecule has 0 amide bonds. The number of thioether (sulfide) groups is 1. The number of benzene rings is 1. The van der Waals surface area contributed by atoms with Gasteiger partial charge in [-0.15, -0.1) is 11.8 Å². The lowest BCUT2D eigenvalue weighted by molar-refractivity contribution is 0.248. The maximum absolute atomic E-state index is 4.80. The van der Waals surface area contributed by atoms with Crippen LogP contribution in [-0.4, -0.2) is 21.7 Å². The molecule has 1 unspecified atom stereocenters. The molecule has 1 aromatic heterocycles. The molecule has 1 aliphatic carbocycles. The van der Waals surface area contributed by atoms with Crippen LogP contribution in [0.3, 0.4) is 0 Å². The molecule has 1 aliphatic heterocycles. The number of rotatable bonds is 5. The van der Waals surface area contributed by atoms with Crippen LogP contribution in [0.2, 0.25) is 0 Å². The Morgan fingerprint density at radius 1 is 0.920 bits per heavy atom. The van der Waals surface area contributed by atoms with Crippen molar-refractivity contribution < 1.29 is 0 Å². The van der Waals surface area contributed by atoms with E-state index in [1.807, 2.05) is 11.8 Å². The van der Waals surface area contributed by atoms with Crippen molar-refractivity contribution in [2.45, 2.75) is 67.8 Å². The normalized spacial score (nSPS) is 22.3. The molecule has 132 valence electrons. The highest BCUT2D eigenvalue weighted by Crippen LogP contribution is 2.35. The first-order valence-corrected chi connectivity index (χ1v) is 10.7. The minimum atomic E-state index is 0.529. The number of nitrogens with zero attached hydrogens (tertiary/aromatic N) is 2. The average Bonchev–Trinajstić information content (AvgIpc) is 3.12. The van der Waals surface area contributed by atoms with Crippen molar-refractivity contribution in [2.24, 2.45) is 0 Å². The fraction of sp³-hybridized carbons (Fsp3) is 0.500. The van der Waals surface area contributed by atoms with E-state index in [0.717, 1.165) is 11.8 Å². The van der Waals surface area contributed by atoms with E-state index in [-0.39, 0.29) is 0 Å². The Morgan fingerprint density at radius 2 is 1.76 bits per heavy atom. The highest BCUT2D eigenvalue weighted by molar-refractivity contribution is 7.99. The lowest BCUT2D eigenvalue weighted by Crippen LogP contribution is -2.22. The van der Waals surface area contributed by atoms with Crippen molar-refractivity contribution in [1.82, 2.24) is 9.88 Å². The Bertz CT molecular complexity index is 649. The summed E-state index contributed by atoms with van der Waals surface area (Å²) in [5, 5.41) is 2.00. The van der Waals surface area contributed by atoms with Gasteiger partial charge in [0.25, 0.3) is 0 Å². The summed E-state index contributed by atoms with van der Waals surface area (Å²) in [6.45, 7) is 2.24. The van der Waals surface area contributed by atoms with Crippen LogP contribution >= 0.6 is 11.8 Å². The van der Waals surface area contributed by atoms with E-state index >= 15 is 0 Å². The molecule has 0 N–H and O–H groups in total. The first-order valence-electron chi connectivity index (χ1n) is 9.79. The van der Waals surface area contributed by atoms with Gasteiger partial charge in [-0.25, -0.2) is 4.98 Å². The summed E-state index contributed by atoms with van der Waals surface area (Å²) >= 11 is 1.99. The summed E-state index contributed by atoms with van der Waals surface area (Å²) < 4.78 is 0. The predicted molar refractivity (Wildman–Crippen MR) is 106 cm³/mol. The van der Waals surface area contributed by atoms with Gasteiger partial charge in [0.15, 0.2) is 0 Å². The van der Waals surface area contributed by atoms with E-state index in [0.29, 0.717) is 6.04 Å². The van der Waals surface area contributed by atoms with Crippen molar-refractivity contribution in [2.75, 3.05) is 6.54 Å². The number of pyridine rings is 1. The van der Waals surface area contributed by atoms with Crippen molar-refractivity contribution >= 4 is 11.8 Å². The molecule has 2 aliphatic rings. The van der Waals surface area contributed by atoms with Gasteiger partial charge in [0.05, 0.1) is 5.03 Å². The highest BCUT2D eigenvalue weighted by Gasteiger charge is 2.26. The van der Waals surface area contributed by atoms with E-state index in [1.54, 1.807) is 0 Å². The molecule has 0 bridgehead atoms. The Morgan fingerprint density at radius 3 is 2.52 bits per heavy atom. The van der Waals surface area contributed by atoms with E-state index in [4.69, 9.17) is 4.98 Å². The summed E-state index contributed by atoms with van der Waals surface area (Å²) in [5.74, 6) is 0. The first-order chi connectivity index (χ1) is 12.4. The van der Waals surface area contributed by atoms with Crippen molar-refractivity contribution in [3.05, 3.63) is 59.8 Å². The zero-order valence-corrected chi connectivity index (χ0v) is 15.8. The third-order valence-electron chi connectivity index (χ3n) is 5.58. The topological polar surface area (TPSA) is 16.1 Å². The van der Waals surface area contributed by atoms with Gasteiger partial charge in [0.1, 0.15) is 0 Å². The van der Waals surface area contributed by atoms with Crippen molar-refractivity contribution in [3.8, 4) is 0 Å². The molecule has 0 radical (unpaired) electrons. The van der Waals surface area contributed by atoms with Crippen LogP contribution < -0.4 is 0 Å². The van der Waals surface area contributed by atoms with Crippen molar-refractivity contribution in [3.63, 3.8) is 0 Å². The monoisotopic (exact) mass is 352 g/mol. The summed E-state index contributed by atoms with van der Waals surface area (Å²) in [6, 6.07) is 16.0. The summed E-state index contributed by atoms with van der Waals surface area (Å²) in [6.07, 6.45) is 11.6. The third-order valence-corrected chi connectivity index (χ3v) is 6.86. The van der Waals surface area contributed by atoms with Crippen LogP contribution in [0.25, 0.3) is 0 Å². The van der Waals surface area contributed by atoms with Gasteiger partial charge in [0.2, 0.25) is 0 Å². The number of hydrogen-bond donors (Lipinski definition) is 0. The predicted octanol–water partition coefficient (Wildman–Crippen LogP) is 5.84. The van der Waals surface area contributed by atoms with Gasteiger partial charge >= 0.3 is 0 Å². The number of hydrogen-bond acceptors (Lipinski definition) is 3. The fourth-order valence-electron chi connectivity index (χ4n) is 4.22. The van der Waals surface area contributed by atoms with Crippen LogP contribution in [0.4, 0.5) is 0 Å². The Hall–Kier alpha value is -1.32. The van der Waals surface area contributed by atoms with Crippen LogP contribution in [0.1, 0.15) is 62.1 Å². The lowest BCUT2D eigenvalue weighted by atomic mass is 10.0. The molecule has 2 heterocycles. The summed E-state index contributed by atoms with van der Waals surface area (Å²) in [5.41, 5.74) is 2.80. The molecular weight excluding hydrogens is 324 g/mol. The van der Waals surface area contributed by atoms with E-state index in [1.165, 1.54) is 67.6 Å². The molecule has 25 heavy (non-hydrogen) atoms. The molecule has 2 fully saturated rings. The zero-order valence-electron chi connectivity index (χ0n) is 14.9. The van der Waals surface area contributed by atoms with Gasteiger partial charge in [-0.2, -0.15) is 0 Å². The van der Waals surface area contributed by atoms with Crippen LogP contribution in [0, 0.1) is 0 Å².